The lowest BCUT2D eigenvalue weighted by atomic mass is 10.1. The molecule has 2 aromatic rings. The van der Waals surface area contributed by atoms with E-state index in [1.165, 1.54) is 7.11 Å². The van der Waals surface area contributed by atoms with Crippen LogP contribution in [0, 0.1) is 0 Å². The second kappa shape index (κ2) is 3.26. The summed E-state index contributed by atoms with van der Waals surface area (Å²) >= 11 is 0. The molecule has 2 heterocycles. The molecule has 17 heavy (non-hydrogen) atoms. The van der Waals surface area contributed by atoms with Gasteiger partial charge in [0.05, 0.1) is 12.8 Å². The Morgan fingerprint density at radius 1 is 1.53 bits per heavy atom. The van der Waals surface area contributed by atoms with Crippen LogP contribution in [-0.4, -0.2) is 32.7 Å². The summed E-state index contributed by atoms with van der Waals surface area (Å²) in [5.74, 6) is -0.0462. The molecule has 6 heteroatoms. The van der Waals surface area contributed by atoms with Gasteiger partial charge in [0, 0.05) is 11.6 Å². The second-order valence-electron chi connectivity index (χ2n) is 4.53. The van der Waals surface area contributed by atoms with Crippen molar-refractivity contribution in [2.24, 2.45) is 0 Å². The summed E-state index contributed by atoms with van der Waals surface area (Å²) < 4.78 is 6.24. The van der Waals surface area contributed by atoms with E-state index in [-0.39, 0.29) is 11.2 Å². The molecular weight excluding hydrogens is 220 g/mol. The third kappa shape index (κ3) is 1.48. The Morgan fingerprint density at radius 3 is 2.94 bits per heavy atom. The number of nitrogens with zero attached hydrogens (tertiary/aromatic N) is 4. The minimum absolute atomic E-state index is 0.0525. The summed E-state index contributed by atoms with van der Waals surface area (Å²) in [6.45, 7) is 2.17. The van der Waals surface area contributed by atoms with Gasteiger partial charge in [0.2, 0.25) is 0 Å². The van der Waals surface area contributed by atoms with Crippen molar-refractivity contribution in [1.29, 1.82) is 0 Å². The molecule has 1 saturated carbocycles. The Hall–Kier alpha value is -1.98. The SMILES string of the molecule is COC(=O)c1nc2nccc(C3(C)CC3)n2n1. The fourth-order valence-corrected chi connectivity index (χ4v) is 1.87. The van der Waals surface area contributed by atoms with Gasteiger partial charge < -0.3 is 4.74 Å². The molecule has 0 atom stereocenters. The van der Waals surface area contributed by atoms with E-state index in [9.17, 15) is 4.79 Å². The lowest BCUT2D eigenvalue weighted by Gasteiger charge is -2.08. The predicted octanol–water partition coefficient (Wildman–Crippen LogP) is 0.962. The number of hydrogen-bond donors (Lipinski definition) is 0. The van der Waals surface area contributed by atoms with Crippen LogP contribution in [0.2, 0.25) is 0 Å². The number of fused-ring (bicyclic) bond motifs is 1. The summed E-state index contributed by atoms with van der Waals surface area (Å²) in [6.07, 6.45) is 3.95. The van der Waals surface area contributed by atoms with E-state index in [0.29, 0.717) is 5.78 Å². The van der Waals surface area contributed by atoms with Crippen LogP contribution in [0.1, 0.15) is 36.1 Å². The Balaban J connectivity index is 2.18. The zero-order valence-electron chi connectivity index (χ0n) is 9.67. The Bertz CT molecular complexity index is 601. The molecule has 0 amide bonds. The van der Waals surface area contributed by atoms with E-state index in [0.717, 1.165) is 18.5 Å². The summed E-state index contributed by atoms with van der Waals surface area (Å²) in [7, 11) is 1.31. The third-order valence-electron chi connectivity index (χ3n) is 3.23. The topological polar surface area (TPSA) is 69.4 Å². The van der Waals surface area contributed by atoms with Gasteiger partial charge in [0.25, 0.3) is 11.6 Å². The van der Waals surface area contributed by atoms with E-state index in [1.54, 1.807) is 10.7 Å². The highest BCUT2D eigenvalue weighted by Crippen LogP contribution is 2.47. The number of ether oxygens (including phenoxy) is 1. The minimum atomic E-state index is -0.539. The van der Waals surface area contributed by atoms with Crippen molar-refractivity contribution in [2.75, 3.05) is 7.11 Å². The van der Waals surface area contributed by atoms with Gasteiger partial charge in [0.15, 0.2) is 0 Å². The van der Waals surface area contributed by atoms with Crippen LogP contribution in [0.4, 0.5) is 0 Å². The third-order valence-corrected chi connectivity index (χ3v) is 3.23. The van der Waals surface area contributed by atoms with Crippen molar-refractivity contribution in [3.8, 4) is 0 Å². The van der Waals surface area contributed by atoms with Crippen molar-refractivity contribution < 1.29 is 9.53 Å². The van der Waals surface area contributed by atoms with E-state index in [1.807, 2.05) is 6.07 Å². The smallest absolute Gasteiger partial charge is 0.378 e. The number of methoxy groups -OCH3 is 1. The zero-order valence-corrected chi connectivity index (χ0v) is 9.67. The molecular formula is C11H12N4O2. The van der Waals surface area contributed by atoms with Gasteiger partial charge in [-0.3, -0.25) is 0 Å². The minimum Gasteiger partial charge on any atom is -0.463 e. The maximum absolute atomic E-state index is 11.4. The molecule has 0 aromatic carbocycles. The monoisotopic (exact) mass is 232 g/mol. The number of carbonyl (C=O) groups is 1. The Labute approximate surface area is 97.6 Å². The standard InChI is InChI=1S/C11H12N4O2/c1-11(4-5-11)7-3-6-12-10-13-8(9(16)17-2)14-15(7)10/h3,6H,4-5H2,1-2H3. The Morgan fingerprint density at radius 2 is 2.29 bits per heavy atom. The van der Waals surface area contributed by atoms with E-state index in [2.05, 4.69) is 26.7 Å². The molecule has 0 bridgehead atoms. The molecule has 3 rings (SSSR count). The van der Waals surface area contributed by atoms with Crippen molar-refractivity contribution in [3.05, 3.63) is 23.8 Å². The molecule has 0 N–H and O–H groups in total. The molecule has 0 aliphatic heterocycles. The molecule has 0 unspecified atom stereocenters. The lowest BCUT2D eigenvalue weighted by Crippen LogP contribution is -2.10. The molecule has 0 spiro atoms. The predicted molar refractivity (Wildman–Crippen MR) is 58.7 cm³/mol. The summed E-state index contributed by atoms with van der Waals surface area (Å²) in [5, 5.41) is 4.16. The van der Waals surface area contributed by atoms with Gasteiger partial charge >= 0.3 is 5.97 Å². The zero-order chi connectivity index (χ0) is 12.0. The molecule has 1 fully saturated rings. The molecule has 2 aromatic heterocycles. The summed E-state index contributed by atoms with van der Waals surface area (Å²) in [6, 6.07) is 1.93. The van der Waals surface area contributed by atoms with Crippen LogP contribution in [0.25, 0.3) is 5.78 Å². The molecule has 1 aliphatic carbocycles. The van der Waals surface area contributed by atoms with Crippen LogP contribution in [0.15, 0.2) is 12.3 Å². The van der Waals surface area contributed by atoms with Crippen molar-refractivity contribution in [3.63, 3.8) is 0 Å². The summed E-state index contributed by atoms with van der Waals surface area (Å²) in [5.41, 5.74) is 1.19. The van der Waals surface area contributed by atoms with Gasteiger partial charge in [-0.25, -0.2) is 9.78 Å². The van der Waals surface area contributed by atoms with Crippen LogP contribution in [-0.2, 0) is 10.2 Å². The first-order valence-electron chi connectivity index (χ1n) is 5.45. The maximum Gasteiger partial charge on any atom is 0.378 e. The van der Waals surface area contributed by atoms with Crippen LogP contribution in [0.3, 0.4) is 0 Å². The van der Waals surface area contributed by atoms with Crippen molar-refractivity contribution >= 4 is 11.7 Å². The van der Waals surface area contributed by atoms with Crippen LogP contribution in [0.5, 0.6) is 0 Å². The highest BCUT2D eigenvalue weighted by atomic mass is 16.5. The number of esters is 1. The van der Waals surface area contributed by atoms with E-state index in [4.69, 9.17) is 0 Å². The lowest BCUT2D eigenvalue weighted by molar-refractivity contribution is 0.0587. The van der Waals surface area contributed by atoms with Gasteiger partial charge in [-0.15, -0.1) is 5.10 Å². The first-order valence-corrected chi connectivity index (χ1v) is 5.45. The van der Waals surface area contributed by atoms with E-state index < -0.39 is 5.97 Å². The average Bonchev–Trinajstić information content (AvgIpc) is 2.94. The Kier molecular flexibility index (Phi) is 1.95. The van der Waals surface area contributed by atoms with E-state index >= 15 is 0 Å². The second-order valence-corrected chi connectivity index (χ2v) is 4.53. The number of rotatable bonds is 2. The van der Waals surface area contributed by atoms with Crippen molar-refractivity contribution in [1.82, 2.24) is 19.6 Å². The first kappa shape index (κ1) is 10.2. The first-order chi connectivity index (χ1) is 8.14. The molecule has 88 valence electrons. The van der Waals surface area contributed by atoms with Gasteiger partial charge in [-0.2, -0.15) is 9.50 Å². The van der Waals surface area contributed by atoms with Gasteiger partial charge in [0.1, 0.15) is 0 Å². The highest BCUT2D eigenvalue weighted by Gasteiger charge is 2.41. The van der Waals surface area contributed by atoms with Gasteiger partial charge in [-0.1, -0.05) is 6.92 Å². The van der Waals surface area contributed by atoms with Crippen LogP contribution >= 0.6 is 0 Å². The molecule has 0 radical (unpaired) electrons. The van der Waals surface area contributed by atoms with Gasteiger partial charge in [-0.05, 0) is 18.9 Å². The number of aromatic nitrogens is 4. The largest absolute Gasteiger partial charge is 0.463 e. The van der Waals surface area contributed by atoms with Crippen LogP contribution < -0.4 is 0 Å². The summed E-state index contributed by atoms with van der Waals surface area (Å²) in [4.78, 5) is 19.5. The molecule has 6 nitrogen and oxygen atoms in total. The fraction of sp³-hybridized carbons (Fsp3) is 0.455. The highest BCUT2D eigenvalue weighted by molar-refractivity contribution is 5.85. The number of hydrogen-bond acceptors (Lipinski definition) is 5. The quantitative estimate of drug-likeness (QED) is 0.721. The normalized spacial score (nSPS) is 17.1. The fourth-order valence-electron chi connectivity index (χ4n) is 1.87. The number of carbonyl (C=O) groups excluding carboxylic acids is 1. The molecule has 0 saturated heterocycles. The average molecular weight is 232 g/mol. The molecule has 1 aliphatic rings. The maximum atomic E-state index is 11.4. The van der Waals surface area contributed by atoms with Crippen molar-refractivity contribution in [2.45, 2.75) is 25.2 Å².